The van der Waals surface area contributed by atoms with E-state index in [0.29, 0.717) is 12.1 Å². The highest BCUT2D eigenvalue weighted by molar-refractivity contribution is 7.09. The third-order valence-electron chi connectivity index (χ3n) is 1.38. The van der Waals surface area contributed by atoms with Crippen LogP contribution >= 0.6 is 11.3 Å². The van der Waals surface area contributed by atoms with Crippen LogP contribution in [0, 0.1) is 11.3 Å². The van der Waals surface area contributed by atoms with Gasteiger partial charge in [-0.3, -0.25) is 4.79 Å². The van der Waals surface area contributed by atoms with Gasteiger partial charge in [0.1, 0.15) is 5.01 Å². The fraction of sp³-hybridized carbons (Fsp3) is 0.375. The van der Waals surface area contributed by atoms with Crippen LogP contribution in [0.2, 0.25) is 0 Å². The molecule has 0 aliphatic heterocycles. The second-order valence-corrected chi connectivity index (χ2v) is 3.26. The van der Waals surface area contributed by atoms with Crippen molar-refractivity contribution in [2.24, 2.45) is 0 Å². The molecule has 0 aromatic carbocycles. The molecule has 0 saturated carbocycles. The molecule has 0 saturated heterocycles. The smallest absolute Gasteiger partial charge is 0.311 e. The van der Waals surface area contributed by atoms with Crippen molar-refractivity contribution >= 4 is 17.3 Å². The molecule has 4 nitrogen and oxygen atoms in total. The summed E-state index contributed by atoms with van der Waals surface area (Å²) in [6.45, 7) is 0. The molecule has 1 rings (SSSR count). The van der Waals surface area contributed by atoms with E-state index in [2.05, 4.69) is 9.72 Å². The van der Waals surface area contributed by atoms with Crippen molar-refractivity contribution in [3.63, 3.8) is 0 Å². The zero-order valence-corrected chi connectivity index (χ0v) is 7.93. The van der Waals surface area contributed by atoms with E-state index >= 15 is 0 Å². The number of ether oxygens (including phenoxy) is 1. The first-order valence-electron chi connectivity index (χ1n) is 3.63. The summed E-state index contributed by atoms with van der Waals surface area (Å²) in [5, 5.41) is 10.9. The van der Waals surface area contributed by atoms with E-state index in [1.54, 1.807) is 5.38 Å². The van der Waals surface area contributed by atoms with Crippen molar-refractivity contribution in [1.29, 1.82) is 5.26 Å². The molecule has 0 spiro atoms. The van der Waals surface area contributed by atoms with Crippen LogP contribution in [0.5, 0.6) is 0 Å². The Morgan fingerprint density at radius 3 is 3.23 bits per heavy atom. The highest BCUT2D eigenvalue weighted by atomic mass is 32.1. The fourth-order valence-corrected chi connectivity index (χ4v) is 1.52. The molecule has 0 aliphatic carbocycles. The normalized spacial score (nSPS) is 9.23. The van der Waals surface area contributed by atoms with E-state index in [9.17, 15) is 4.79 Å². The molecule has 0 atom stereocenters. The van der Waals surface area contributed by atoms with Gasteiger partial charge in [0.2, 0.25) is 0 Å². The monoisotopic (exact) mass is 196 g/mol. The second kappa shape index (κ2) is 4.58. The first-order valence-corrected chi connectivity index (χ1v) is 4.51. The Morgan fingerprint density at radius 2 is 2.62 bits per heavy atom. The lowest BCUT2D eigenvalue weighted by atomic mass is 10.3. The van der Waals surface area contributed by atoms with Crippen LogP contribution < -0.4 is 0 Å². The van der Waals surface area contributed by atoms with Gasteiger partial charge in [-0.05, 0) is 0 Å². The summed E-state index contributed by atoms with van der Waals surface area (Å²) in [5.74, 6) is -0.311. The number of nitrogens with zero attached hydrogens (tertiary/aromatic N) is 2. The van der Waals surface area contributed by atoms with Crippen LogP contribution in [0.4, 0.5) is 0 Å². The minimum Gasteiger partial charge on any atom is -0.469 e. The lowest BCUT2D eigenvalue weighted by Crippen LogP contribution is -2.04. The number of thiazole rings is 1. The van der Waals surface area contributed by atoms with Crippen LogP contribution in [0.25, 0.3) is 0 Å². The molecule has 1 aromatic heterocycles. The number of hydrogen-bond acceptors (Lipinski definition) is 5. The highest BCUT2D eigenvalue weighted by Gasteiger charge is 2.06. The summed E-state index contributed by atoms with van der Waals surface area (Å²) in [6, 6.07) is 2.00. The van der Waals surface area contributed by atoms with E-state index in [0.717, 1.165) is 5.01 Å². The summed E-state index contributed by atoms with van der Waals surface area (Å²) in [7, 11) is 1.34. The molecule has 0 bridgehead atoms. The minimum atomic E-state index is -0.311. The van der Waals surface area contributed by atoms with Crippen molar-refractivity contribution in [3.05, 3.63) is 16.1 Å². The van der Waals surface area contributed by atoms with Gasteiger partial charge in [0.25, 0.3) is 0 Å². The summed E-state index contributed by atoms with van der Waals surface area (Å²) in [6.07, 6.45) is 0.476. The maximum absolute atomic E-state index is 10.8. The van der Waals surface area contributed by atoms with Gasteiger partial charge in [0.05, 0.1) is 31.7 Å². The average Bonchev–Trinajstić information content (AvgIpc) is 2.53. The lowest BCUT2D eigenvalue weighted by Gasteiger charge is -1.93. The van der Waals surface area contributed by atoms with Crippen LogP contribution in [-0.2, 0) is 22.4 Å². The fourth-order valence-electron chi connectivity index (χ4n) is 0.799. The van der Waals surface area contributed by atoms with E-state index in [1.807, 2.05) is 6.07 Å². The molecule has 1 aromatic rings. The Kier molecular flexibility index (Phi) is 3.41. The Morgan fingerprint density at radius 1 is 1.85 bits per heavy atom. The van der Waals surface area contributed by atoms with Crippen LogP contribution in [0.15, 0.2) is 5.38 Å². The van der Waals surface area contributed by atoms with Gasteiger partial charge in [-0.25, -0.2) is 4.98 Å². The van der Waals surface area contributed by atoms with Crippen LogP contribution in [0.1, 0.15) is 10.7 Å². The average molecular weight is 196 g/mol. The zero-order valence-electron chi connectivity index (χ0n) is 7.11. The van der Waals surface area contributed by atoms with Crippen LogP contribution in [-0.4, -0.2) is 18.1 Å². The Labute approximate surface area is 79.8 Å². The Balaban J connectivity index is 2.59. The molecule has 5 heteroatoms. The van der Waals surface area contributed by atoms with Gasteiger partial charge in [-0.2, -0.15) is 5.26 Å². The zero-order chi connectivity index (χ0) is 9.68. The molecule has 0 amide bonds. The SMILES string of the molecule is COC(=O)Cc1csc(CC#N)n1. The number of methoxy groups -OCH3 is 1. The molecule has 0 radical (unpaired) electrons. The van der Waals surface area contributed by atoms with Crippen molar-refractivity contribution in [2.75, 3.05) is 7.11 Å². The number of rotatable bonds is 3. The molecular weight excluding hydrogens is 188 g/mol. The number of carbonyl (C=O) groups is 1. The predicted octanol–water partition coefficient (Wildman–Crippen LogP) is 0.925. The van der Waals surface area contributed by atoms with E-state index in [-0.39, 0.29) is 12.4 Å². The Hall–Kier alpha value is -1.41. The molecule has 1 heterocycles. The van der Waals surface area contributed by atoms with Gasteiger partial charge in [0.15, 0.2) is 0 Å². The first-order chi connectivity index (χ1) is 6.26. The number of nitriles is 1. The molecule has 68 valence electrons. The number of esters is 1. The van der Waals surface area contributed by atoms with Crippen molar-refractivity contribution in [3.8, 4) is 6.07 Å². The molecule has 0 N–H and O–H groups in total. The minimum absolute atomic E-state index is 0.179. The molecular formula is C8H8N2O2S. The largest absolute Gasteiger partial charge is 0.469 e. The third kappa shape index (κ3) is 2.84. The van der Waals surface area contributed by atoms with Gasteiger partial charge in [0, 0.05) is 5.38 Å². The van der Waals surface area contributed by atoms with Crippen molar-refractivity contribution in [2.45, 2.75) is 12.8 Å². The topological polar surface area (TPSA) is 63.0 Å². The van der Waals surface area contributed by atoms with Crippen LogP contribution in [0.3, 0.4) is 0 Å². The maximum Gasteiger partial charge on any atom is 0.311 e. The molecule has 0 aliphatic rings. The van der Waals surface area contributed by atoms with E-state index in [4.69, 9.17) is 5.26 Å². The summed E-state index contributed by atoms with van der Waals surface area (Å²) in [4.78, 5) is 14.9. The summed E-state index contributed by atoms with van der Waals surface area (Å²) >= 11 is 1.39. The van der Waals surface area contributed by atoms with E-state index < -0.39 is 0 Å². The third-order valence-corrected chi connectivity index (χ3v) is 2.28. The number of carbonyl (C=O) groups excluding carboxylic acids is 1. The second-order valence-electron chi connectivity index (χ2n) is 2.32. The summed E-state index contributed by atoms with van der Waals surface area (Å²) < 4.78 is 4.48. The van der Waals surface area contributed by atoms with Crippen molar-refractivity contribution < 1.29 is 9.53 Å². The van der Waals surface area contributed by atoms with Crippen molar-refractivity contribution in [1.82, 2.24) is 4.98 Å². The molecule has 0 fully saturated rings. The van der Waals surface area contributed by atoms with E-state index in [1.165, 1.54) is 18.4 Å². The maximum atomic E-state index is 10.8. The van der Waals surface area contributed by atoms with Gasteiger partial charge < -0.3 is 4.74 Å². The molecule has 0 unspecified atom stereocenters. The quantitative estimate of drug-likeness (QED) is 0.674. The predicted molar refractivity (Wildman–Crippen MR) is 47.2 cm³/mol. The standard InChI is InChI=1S/C8H8N2O2S/c1-12-8(11)4-6-5-13-7(10-6)2-3-9/h5H,2,4H2,1H3. The van der Waals surface area contributed by atoms with Gasteiger partial charge in [-0.15, -0.1) is 11.3 Å². The number of aromatic nitrogens is 1. The summed E-state index contributed by atoms with van der Waals surface area (Å²) in [5.41, 5.74) is 0.669. The number of hydrogen-bond donors (Lipinski definition) is 0. The first kappa shape index (κ1) is 9.68. The Bertz CT molecular complexity index is 340. The highest BCUT2D eigenvalue weighted by Crippen LogP contribution is 2.10. The molecule has 13 heavy (non-hydrogen) atoms. The van der Waals surface area contributed by atoms with Gasteiger partial charge in [-0.1, -0.05) is 0 Å². The van der Waals surface area contributed by atoms with Gasteiger partial charge >= 0.3 is 5.97 Å². The lowest BCUT2D eigenvalue weighted by molar-refractivity contribution is -0.139.